The normalized spacial score (nSPS) is 19.1. The zero-order valence-electron chi connectivity index (χ0n) is 13.2. The van der Waals surface area contributed by atoms with E-state index < -0.39 is 0 Å². The van der Waals surface area contributed by atoms with E-state index in [1.54, 1.807) is 0 Å². The van der Waals surface area contributed by atoms with Crippen LogP contribution in [0.3, 0.4) is 0 Å². The predicted octanol–water partition coefficient (Wildman–Crippen LogP) is 4.03. The van der Waals surface area contributed by atoms with Crippen molar-refractivity contribution in [1.82, 2.24) is 9.88 Å². The van der Waals surface area contributed by atoms with Crippen LogP contribution in [0.4, 0.5) is 0 Å². The van der Waals surface area contributed by atoms with E-state index in [0.29, 0.717) is 0 Å². The Morgan fingerprint density at radius 2 is 2.18 bits per heavy atom. The lowest BCUT2D eigenvalue weighted by Crippen LogP contribution is -2.39. The molecule has 2 heterocycles. The van der Waals surface area contributed by atoms with E-state index in [-0.39, 0.29) is 6.04 Å². The third-order valence-electron chi connectivity index (χ3n) is 4.57. The Kier molecular flexibility index (Phi) is 4.60. The minimum Gasteiger partial charge on any atom is -0.361 e. The van der Waals surface area contributed by atoms with Crippen molar-refractivity contribution < 1.29 is 0 Å². The number of nitriles is 1. The van der Waals surface area contributed by atoms with Gasteiger partial charge in [0.15, 0.2) is 0 Å². The van der Waals surface area contributed by atoms with Crippen molar-refractivity contribution in [1.29, 1.82) is 5.26 Å². The Morgan fingerprint density at radius 3 is 3.00 bits per heavy atom. The number of nitrogens with one attached hydrogen (secondary N) is 1. The molecule has 0 fully saturated rings. The molecular formula is C19H23N3. The molecule has 114 valence electrons. The summed E-state index contributed by atoms with van der Waals surface area (Å²) in [5.41, 5.74) is 3.99. The molecule has 0 saturated heterocycles. The van der Waals surface area contributed by atoms with E-state index in [1.165, 1.54) is 28.5 Å². The SMILES string of the molecule is CCCC1=CCN(CCc2c[nH]c3ccccc23)[C@@H](C#N)C1. The van der Waals surface area contributed by atoms with Crippen LogP contribution < -0.4 is 0 Å². The van der Waals surface area contributed by atoms with Gasteiger partial charge in [-0.1, -0.05) is 43.2 Å². The number of hydrogen-bond donors (Lipinski definition) is 1. The van der Waals surface area contributed by atoms with Crippen LogP contribution in [-0.2, 0) is 6.42 Å². The molecule has 1 aromatic heterocycles. The molecule has 0 amide bonds. The first kappa shape index (κ1) is 14.9. The van der Waals surface area contributed by atoms with E-state index in [0.717, 1.165) is 32.4 Å². The van der Waals surface area contributed by atoms with Gasteiger partial charge in [-0.05, 0) is 30.9 Å². The third kappa shape index (κ3) is 3.08. The van der Waals surface area contributed by atoms with Gasteiger partial charge in [0.05, 0.1) is 6.07 Å². The lowest BCUT2D eigenvalue weighted by molar-refractivity contribution is 0.246. The fraction of sp³-hybridized carbons (Fsp3) is 0.421. The summed E-state index contributed by atoms with van der Waals surface area (Å²) in [6.07, 6.45) is 8.63. The second-order valence-electron chi connectivity index (χ2n) is 6.07. The lowest BCUT2D eigenvalue weighted by Gasteiger charge is -2.31. The van der Waals surface area contributed by atoms with Crippen LogP contribution in [0.25, 0.3) is 10.9 Å². The average molecular weight is 293 g/mol. The zero-order chi connectivity index (χ0) is 15.4. The van der Waals surface area contributed by atoms with Crippen molar-refractivity contribution in [3.05, 3.63) is 47.7 Å². The molecule has 1 aromatic carbocycles. The largest absolute Gasteiger partial charge is 0.361 e. The first-order valence-electron chi connectivity index (χ1n) is 8.18. The minimum absolute atomic E-state index is 0.0387. The number of fused-ring (bicyclic) bond motifs is 1. The van der Waals surface area contributed by atoms with Crippen molar-refractivity contribution in [3.63, 3.8) is 0 Å². The topological polar surface area (TPSA) is 42.8 Å². The smallest absolute Gasteiger partial charge is 0.102 e. The quantitative estimate of drug-likeness (QED) is 0.846. The molecule has 1 N–H and O–H groups in total. The molecule has 0 spiro atoms. The van der Waals surface area contributed by atoms with Crippen molar-refractivity contribution in [2.24, 2.45) is 0 Å². The summed E-state index contributed by atoms with van der Waals surface area (Å²) in [4.78, 5) is 5.64. The van der Waals surface area contributed by atoms with E-state index in [2.05, 4.69) is 59.4 Å². The Hall–Kier alpha value is -2.05. The standard InChI is InChI=1S/C19H23N3/c1-2-5-15-8-10-22(17(12-15)13-20)11-9-16-14-21-19-7-4-3-6-18(16)19/h3-4,6-8,14,17,21H,2,5,9-12H2,1H3/t17-/m1/s1. The van der Waals surface area contributed by atoms with Crippen LogP contribution in [0.15, 0.2) is 42.1 Å². The van der Waals surface area contributed by atoms with Crippen molar-refractivity contribution in [2.45, 2.75) is 38.6 Å². The highest BCUT2D eigenvalue weighted by Crippen LogP contribution is 2.23. The molecule has 0 saturated carbocycles. The molecular weight excluding hydrogens is 270 g/mol. The first-order chi connectivity index (χ1) is 10.8. The number of benzene rings is 1. The molecule has 1 aliphatic rings. The van der Waals surface area contributed by atoms with Gasteiger partial charge in [0.1, 0.15) is 6.04 Å². The van der Waals surface area contributed by atoms with Gasteiger partial charge in [-0.3, -0.25) is 4.90 Å². The van der Waals surface area contributed by atoms with E-state index in [4.69, 9.17) is 0 Å². The Bertz CT molecular complexity index is 705. The van der Waals surface area contributed by atoms with Crippen LogP contribution >= 0.6 is 0 Å². The summed E-state index contributed by atoms with van der Waals surface area (Å²) < 4.78 is 0. The molecule has 1 atom stereocenters. The summed E-state index contributed by atoms with van der Waals surface area (Å²) in [6, 6.07) is 10.9. The van der Waals surface area contributed by atoms with Crippen LogP contribution in [0.5, 0.6) is 0 Å². The molecule has 0 unspecified atom stereocenters. The summed E-state index contributed by atoms with van der Waals surface area (Å²) in [7, 11) is 0. The lowest BCUT2D eigenvalue weighted by atomic mass is 9.97. The van der Waals surface area contributed by atoms with Gasteiger partial charge in [0.25, 0.3) is 0 Å². The molecule has 2 aromatic rings. The summed E-state index contributed by atoms with van der Waals surface area (Å²) in [5.74, 6) is 0. The Labute approximate surface area is 132 Å². The van der Waals surface area contributed by atoms with Gasteiger partial charge in [0.2, 0.25) is 0 Å². The molecule has 0 aliphatic carbocycles. The second-order valence-corrected chi connectivity index (χ2v) is 6.07. The van der Waals surface area contributed by atoms with Crippen molar-refractivity contribution >= 4 is 10.9 Å². The molecule has 0 radical (unpaired) electrons. The highest BCUT2D eigenvalue weighted by molar-refractivity contribution is 5.83. The van der Waals surface area contributed by atoms with Crippen molar-refractivity contribution in [3.8, 4) is 6.07 Å². The third-order valence-corrected chi connectivity index (χ3v) is 4.57. The van der Waals surface area contributed by atoms with E-state index >= 15 is 0 Å². The fourth-order valence-corrected chi connectivity index (χ4v) is 3.34. The number of para-hydroxylation sites is 1. The van der Waals surface area contributed by atoms with E-state index in [9.17, 15) is 5.26 Å². The van der Waals surface area contributed by atoms with Gasteiger partial charge in [0, 0.05) is 30.2 Å². The molecule has 22 heavy (non-hydrogen) atoms. The van der Waals surface area contributed by atoms with E-state index in [1.807, 2.05) is 0 Å². The summed E-state index contributed by atoms with van der Waals surface area (Å²) in [6.45, 7) is 4.05. The summed E-state index contributed by atoms with van der Waals surface area (Å²) >= 11 is 0. The number of aromatic nitrogens is 1. The molecule has 3 heteroatoms. The average Bonchev–Trinajstić information content (AvgIpc) is 2.97. The van der Waals surface area contributed by atoms with Gasteiger partial charge < -0.3 is 4.98 Å². The van der Waals surface area contributed by atoms with Crippen LogP contribution in [0.2, 0.25) is 0 Å². The van der Waals surface area contributed by atoms with Gasteiger partial charge in [-0.15, -0.1) is 0 Å². The molecule has 3 nitrogen and oxygen atoms in total. The highest BCUT2D eigenvalue weighted by atomic mass is 15.2. The number of rotatable bonds is 5. The van der Waals surface area contributed by atoms with Gasteiger partial charge in [-0.25, -0.2) is 0 Å². The van der Waals surface area contributed by atoms with Gasteiger partial charge in [-0.2, -0.15) is 5.26 Å². The zero-order valence-corrected chi connectivity index (χ0v) is 13.2. The van der Waals surface area contributed by atoms with Gasteiger partial charge >= 0.3 is 0 Å². The molecule has 3 rings (SSSR count). The first-order valence-corrected chi connectivity index (χ1v) is 8.18. The Morgan fingerprint density at radius 1 is 1.32 bits per heavy atom. The van der Waals surface area contributed by atoms with Crippen LogP contribution in [0, 0.1) is 11.3 Å². The fourth-order valence-electron chi connectivity index (χ4n) is 3.34. The maximum absolute atomic E-state index is 9.45. The maximum atomic E-state index is 9.45. The summed E-state index contributed by atoms with van der Waals surface area (Å²) in [5, 5.41) is 10.8. The molecule has 0 bridgehead atoms. The predicted molar refractivity (Wildman–Crippen MR) is 90.6 cm³/mol. The number of aromatic amines is 1. The highest BCUT2D eigenvalue weighted by Gasteiger charge is 2.22. The number of H-pyrrole nitrogens is 1. The number of hydrogen-bond acceptors (Lipinski definition) is 2. The second kappa shape index (κ2) is 6.81. The molecule has 1 aliphatic heterocycles. The van der Waals surface area contributed by atoms with Crippen molar-refractivity contribution in [2.75, 3.05) is 13.1 Å². The Balaban J connectivity index is 1.67. The number of nitrogens with zero attached hydrogens (tertiary/aromatic N) is 2. The van der Waals surface area contributed by atoms with Crippen LogP contribution in [0.1, 0.15) is 31.7 Å². The minimum atomic E-state index is 0.0387. The monoisotopic (exact) mass is 293 g/mol. The maximum Gasteiger partial charge on any atom is 0.102 e. The van der Waals surface area contributed by atoms with Crippen LogP contribution in [-0.4, -0.2) is 29.0 Å².